The van der Waals surface area contributed by atoms with Gasteiger partial charge in [0.15, 0.2) is 0 Å². The Morgan fingerprint density at radius 3 is 0.929 bits per heavy atom. The summed E-state index contributed by atoms with van der Waals surface area (Å²) in [5.41, 5.74) is -0.998. The summed E-state index contributed by atoms with van der Waals surface area (Å²) >= 11 is 0. The fourth-order valence-corrected chi connectivity index (χ4v) is 3.11. The summed E-state index contributed by atoms with van der Waals surface area (Å²) in [5, 5.41) is 48.4. The molecule has 208 valence electrons. The molecule has 0 fully saturated rings. The maximum Gasteiger partial charge on any atom is 1.00 e. The number of carboxylic acids is 1. The molecule has 0 spiro atoms. The van der Waals surface area contributed by atoms with Gasteiger partial charge in [-0.15, -0.1) is 0 Å². The fraction of sp³-hybridized carbons (Fsp3) is 0. The van der Waals surface area contributed by atoms with E-state index in [1.165, 1.54) is 91.0 Å². The molecule has 4 aromatic rings. The monoisotopic (exact) mass is 582 g/mol. The summed E-state index contributed by atoms with van der Waals surface area (Å²) in [7, 11) is -2.19. The Morgan fingerprint density at radius 1 is 0.476 bits per heavy atom. The minimum absolute atomic E-state index is 0. The number of rotatable bonds is 7. The van der Waals surface area contributed by atoms with Crippen molar-refractivity contribution in [3.8, 4) is 23.0 Å². The van der Waals surface area contributed by atoms with Crippen LogP contribution in [0.15, 0.2) is 97.1 Å². The van der Waals surface area contributed by atoms with E-state index in [9.17, 15) is 39.6 Å². The molecular formula is C28H20BNaO12. The normalized spacial score (nSPS) is 9.62. The van der Waals surface area contributed by atoms with E-state index in [1.807, 2.05) is 0 Å². The molecule has 4 N–H and O–H groups in total. The molecule has 42 heavy (non-hydrogen) atoms. The Morgan fingerprint density at radius 2 is 0.714 bits per heavy atom. The van der Waals surface area contributed by atoms with E-state index in [2.05, 4.69) is 0 Å². The molecule has 12 nitrogen and oxygen atoms in total. The van der Waals surface area contributed by atoms with Gasteiger partial charge in [0.25, 0.3) is 0 Å². The standard InChI is InChI=1S/C21H15BO9.C7H6O3.Na/c23-16-10-4-1-7-13(16)19(26)29-22(30-20(27)14-8-2-5-11-17(14)24)31-21(28)15-9-3-6-12-18(15)25;8-6-4-2-1-3-5(6)7(9)10;/h1-12,23-25H;1-4,8H,(H,9,10);/q;;+1/p-1. The zero-order valence-corrected chi connectivity index (χ0v) is 23.9. The van der Waals surface area contributed by atoms with Crippen LogP contribution in [0.1, 0.15) is 41.4 Å². The van der Waals surface area contributed by atoms with Gasteiger partial charge in [0, 0.05) is 5.56 Å². The first kappa shape index (κ1) is 33.2. The number of carboxylic acid groups (broad SMARTS) is 1. The molecule has 0 aliphatic carbocycles. The first-order chi connectivity index (χ1) is 19.6. The Balaban J connectivity index is 0.000000475. The number of aromatic carboxylic acids is 1. The third-order valence-corrected chi connectivity index (χ3v) is 5.11. The summed E-state index contributed by atoms with van der Waals surface area (Å²) in [6.07, 6.45) is 0. The SMILES string of the molecule is O=C(OB(OC(=O)c1ccccc1O)OC(=O)c1ccccc1O)c1ccccc1O.O=C([O-])c1ccccc1O.[Na+]. The number of hydrogen-bond donors (Lipinski definition) is 4. The number of para-hydroxylation sites is 4. The van der Waals surface area contributed by atoms with Gasteiger partial charge in [0.2, 0.25) is 0 Å². The smallest absolute Gasteiger partial charge is 0.545 e. The van der Waals surface area contributed by atoms with E-state index < -0.39 is 48.4 Å². The summed E-state index contributed by atoms with van der Waals surface area (Å²) in [5.74, 6) is -6.32. The topological polar surface area (TPSA) is 200 Å². The maximum absolute atomic E-state index is 12.4. The number of phenols is 4. The van der Waals surface area contributed by atoms with Crippen molar-refractivity contribution in [2.24, 2.45) is 0 Å². The Kier molecular flexibility index (Phi) is 12.4. The quantitative estimate of drug-likeness (QED) is 0.203. The zero-order chi connectivity index (χ0) is 29.9. The molecule has 0 amide bonds. The van der Waals surface area contributed by atoms with E-state index in [4.69, 9.17) is 19.1 Å². The van der Waals surface area contributed by atoms with E-state index in [-0.39, 0.29) is 57.6 Å². The molecule has 0 bridgehead atoms. The van der Waals surface area contributed by atoms with Crippen molar-refractivity contribution in [3.63, 3.8) is 0 Å². The molecule has 4 aromatic carbocycles. The molecule has 0 aliphatic rings. The summed E-state index contributed by atoms with van der Waals surface area (Å²) in [6, 6.07) is 21.8. The van der Waals surface area contributed by atoms with E-state index >= 15 is 0 Å². The average Bonchev–Trinajstić information content (AvgIpc) is 2.94. The zero-order valence-electron chi connectivity index (χ0n) is 21.9. The van der Waals surface area contributed by atoms with Crippen molar-refractivity contribution in [2.45, 2.75) is 0 Å². The molecule has 0 saturated heterocycles. The van der Waals surface area contributed by atoms with Crippen LogP contribution >= 0.6 is 0 Å². The van der Waals surface area contributed by atoms with Crippen LogP contribution in [-0.2, 0) is 14.0 Å². The number of aromatic hydroxyl groups is 4. The number of benzene rings is 4. The van der Waals surface area contributed by atoms with Crippen molar-refractivity contribution in [1.82, 2.24) is 0 Å². The van der Waals surface area contributed by atoms with Crippen molar-refractivity contribution in [2.75, 3.05) is 0 Å². The van der Waals surface area contributed by atoms with Gasteiger partial charge in [-0.05, 0) is 48.5 Å². The third-order valence-electron chi connectivity index (χ3n) is 5.11. The molecule has 0 aromatic heterocycles. The second-order valence-electron chi connectivity index (χ2n) is 7.86. The van der Waals surface area contributed by atoms with Crippen LogP contribution in [0.5, 0.6) is 23.0 Å². The van der Waals surface area contributed by atoms with Crippen LogP contribution in [0, 0.1) is 0 Å². The van der Waals surface area contributed by atoms with Gasteiger partial charge in [0.1, 0.15) is 23.0 Å². The van der Waals surface area contributed by atoms with Gasteiger partial charge in [-0.1, -0.05) is 48.5 Å². The van der Waals surface area contributed by atoms with Gasteiger partial charge < -0.3 is 44.3 Å². The minimum atomic E-state index is -2.19. The van der Waals surface area contributed by atoms with Crippen LogP contribution in [0.25, 0.3) is 0 Å². The van der Waals surface area contributed by atoms with Gasteiger partial charge in [-0.2, -0.15) is 0 Å². The summed E-state index contributed by atoms with van der Waals surface area (Å²) in [4.78, 5) is 47.3. The Hall–Kier alpha value is -4.98. The molecule has 4 rings (SSSR count). The van der Waals surface area contributed by atoms with Gasteiger partial charge in [-0.25, -0.2) is 14.4 Å². The molecule has 0 aliphatic heterocycles. The van der Waals surface area contributed by atoms with Crippen LogP contribution in [0.3, 0.4) is 0 Å². The largest absolute Gasteiger partial charge is 1.00 e. The van der Waals surface area contributed by atoms with Gasteiger partial charge in [-0.3, -0.25) is 0 Å². The second kappa shape index (κ2) is 15.7. The fourth-order valence-electron chi connectivity index (χ4n) is 3.11. The van der Waals surface area contributed by atoms with Crippen molar-refractivity contribution in [1.29, 1.82) is 0 Å². The third kappa shape index (κ3) is 9.03. The molecule has 0 saturated carbocycles. The number of hydrogen-bond acceptors (Lipinski definition) is 12. The van der Waals surface area contributed by atoms with Gasteiger partial charge >= 0.3 is 54.8 Å². The first-order valence-corrected chi connectivity index (χ1v) is 11.5. The maximum atomic E-state index is 12.4. The van der Waals surface area contributed by atoms with Crippen LogP contribution in [0.4, 0.5) is 0 Å². The molecule has 0 radical (unpaired) electrons. The van der Waals surface area contributed by atoms with Gasteiger partial charge in [0.05, 0.1) is 22.7 Å². The summed E-state index contributed by atoms with van der Waals surface area (Å²) in [6.45, 7) is 0. The van der Waals surface area contributed by atoms with Crippen LogP contribution in [0.2, 0.25) is 0 Å². The average molecular weight is 582 g/mol. The van der Waals surface area contributed by atoms with Crippen LogP contribution in [-0.4, -0.2) is 51.6 Å². The Labute approximate surface area is 260 Å². The Bertz CT molecular complexity index is 1430. The van der Waals surface area contributed by atoms with E-state index in [1.54, 1.807) is 6.07 Å². The first-order valence-electron chi connectivity index (χ1n) is 11.5. The predicted octanol–water partition coefficient (Wildman–Crippen LogP) is -0.581. The minimum Gasteiger partial charge on any atom is -0.545 e. The number of carbonyl (C=O) groups is 4. The molecule has 0 heterocycles. The predicted molar refractivity (Wildman–Crippen MR) is 139 cm³/mol. The molecule has 0 atom stereocenters. The summed E-state index contributed by atoms with van der Waals surface area (Å²) < 4.78 is 14.8. The number of carbonyl (C=O) groups excluding carboxylic acids is 4. The van der Waals surface area contributed by atoms with E-state index in [0.29, 0.717) is 0 Å². The van der Waals surface area contributed by atoms with Crippen molar-refractivity contribution >= 4 is 31.2 Å². The van der Waals surface area contributed by atoms with Crippen molar-refractivity contribution in [3.05, 3.63) is 119 Å². The molecule has 0 unspecified atom stereocenters. The van der Waals surface area contributed by atoms with Crippen molar-refractivity contribution < 1.29 is 88.2 Å². The molecular weight excluding hydrogens is 562 g/mol. The van der Waals surface area contributed by atoms with Crippen LogP contribution < -0.4 is 34.7 Å². The second-order valence-corrected chi connectivity index (χ2v) is 7.86. The van der Waals surface area contributed by atoms with E-state index in [0.717, 1.165) is 0 Å². The number of phenolic OH excluding ortho intramolecular Hbond substituents is 3. The molecule has 14 heteroatoms.